The summed E-state index contributed by atoms with van der Waals surface area (Å²) in [5, 5.41) is 19.4. The summed E-state index contributed by atoms with van der Waals surface area (Å²) in [6, 6.07) is 30.3. The van der Waals surface area contributed by atoms with E-state index in [1.807, 2.05) is 71.2 Å². The van der Waals surface area contributed by atoms with Gasteiger partial charge in [-0.1, -0.05) is 165 Å². The highest BCUT2D eigenvalue weighted by Crippen LogP contribution is 2.43. The molecular weight excluding hydrogens is 1500 g/mol. The fourth-order valence-corrected chi connectivity index (χ4v) is 16.5. The third kappa shape index (κ3) is 20.0. The molecule has 1 aliphatic carbocycles. The number of likely N-dealkylation sites (tertiary alicyclic amines) is 3. The number of ether oxygens (including phenoxy) is 8. The van der Waals surface area contributed by atoms with E-state index >= 15 is 0 Å². The predicted octanol–water partition coefficient (Wildman–Crippen LogP) is 12.8. The zero-order valence-electron chi connectivity index (χ0n) is 68.9. The van der Waals surface area contributed by atoms with Crippen molar-refractivity contribution in [1.82, 2.24) is 55.9 Å². The van der Waals surface area contributed by atoms with Crippen molar-refractivity contribution < 1.29 is 76.6 Å². The summed E-state index contributed by atoms with van der Waals surface area (Å²) < 4.78 is 43.2. The number of aromatic amines is 2. The maximum atomic E-state index is 14.0. The normalized spacial score (nSPS) is 20.2. The number of carboxylic acids is 1. The van der Waals surface area contributed by atoms with Gasteiger partial charge in [0, 0.05) is 62.0 Å². The quantitative estimate of drug-likeness (QED) is 0.0219. The average molecular weight is 1610 g/mol. The Morgan fingerprint density at radius 2 is 0.803 bits per heavy atom. The van der Waals surface area contributed by atoms with E-state index in [-0.39, 0.29) is 72.6 Å². The van der Waals surface area contributed by atoms with Crippen LogP contribution >= 0.6 is 0 Å². The molecule has 7 atom stereocenters. The lowest BCUT2D eigenvalue weighted by Gasteiger charge is -2.31. The number of methoxy groups -OCH3 is 4. The van der Waals surface area contributed by atoms with Gasteiger partial charge in [-0.05, 0) is 112 Å². The molecule has 14 rings (SSSR count). The number of hydrogen-bond acceptors (Lipinski definition) is 20. The minimum atomic E-state index is -1.06. The zero-order chi connectivity index (χ0) is 83.4. The van der Waals surface area contributed by atoms with Crippen molar-refractivity contribution >= 4 is 64.5 Å². The number of aromatic nitrogens is 4. The number of carbonyl (C=O) groups is 7. The zero-order valence-corrected chi connectivity index (χ0v) is 68.9. The minimum Gasteiger partial charge on any atom is -0.483 e. The number of imidazole rings is 2. The number of hydrogen-bond donors (Lipinski definition) is 7. The van der Waals surface area contributed by atoms with Gasteiger partial charge in [-0.3, -0.25) is 24.4 Å². The number of aliphatic carboxylic acids is 1. The summed E-state index contributed by atoms with van der Waals surface area (Å²) in [6.45, 7) is 22.0. The lowest BCUT2D eigenvalue weighted by molar-refractivity contribution is -0.153. The predicted molar refractivity (Wildman–Crippen MR) is 441 cm³/mol. The molecule has 29 heteroatoms. The number of benzene rings is 4. The third-order valence-electron chi connectivity index (χ3n) is 23.1. The number of aliphatic imine (C=N–C) groups is 2. The largest absolute Gasteiger partial charge is 0.483 e. The van der Waals surface area contributed by atoms with Gasteiger partial charge in [0.25, 0.3) is 0 Å². The Hall–Kier alpha value is -11.0. The summed E-state index contributed by atoms with van der Waals surface area (Å²) >= 11 is 0. The molecule has 2 spiro atoms. The topological polar surface area (TPSA) is 353 Å². The lowest BCUT2D eigenvalue weighted by atomic mass is 9.95. The molecule has 6 amide bonds. The molecule has 7 aliphatic heterocycles. The number of H-pyrrole nitrogens is 2. The molecule has 0 unspecified atom stereocenters. The Kier molecular flexibility index (Phi) is 27.7. The standard InChI is InChI=1S/C44H55N7O7.C37H43N5O5.C7H13NO4/c1-26(2)38(47-28(5)55-6)41(52)50-18-8-9-36(50)40-46-24-35(48-40)32-16-14-30(15-17-32)29-10-12-31(13-11-29)33-21-34(45-23-33)37-22-44(57-19-20-58-44)25-51(37)42(53)39(27(3)4)49-43(54)56-7;1-23(2)33(41-36(44)45-3)35(43)42-22-37(46-16-17-47-37)19-32(42)30-18-29(20-38-30)26-10-8-24(9-11-26)25-12-14-27(15-13-25)31-21-39-34(40-31)28-6-4-5-7-28;1-4(2)5(6(9)10)8-7(11)12-3/h10-17,23-24,26-27,36-39,47H,5,8-9,18-22,25H2,1-4,6-7H3,(H,46,48)(H,49,54);8-15,20-21,23,28,32-33H,4-7,16-19,22H2,1-3H3,(H,39,40)(H,41,44);4-5H,1-3H3,(H,8,11)(H,9,10)/t36-,37-,38-,39-;32-,33-;5-/m000/s1. The number of carbonyl (C=O) groups excluding carboxylic acids is 6. The summed E-state index contributed by atoms with van der Waals surface area (Å²) in [7, 11) is 5.30. The Labute approximate surface area is 683 Å². The summed E-state index contributed by atoms with van der Waals surface area (Å²) in [6.07, 6.45) is 14.5. The Morgan fingerprint density at radius 3 is 1.18 bits per heavy atom. The van der Waals surface area contributed by atoms with E-state index < -0.39 is 60.0 Å². The molecule has 29 nitrogen and oxygen atoms in total. The summed E-state index contributed by atoms with van der Waals surface area (Å²) in [5.74, 6) is -0.777. The van der Waals surface area contributed by atoms with Crippen molar-refractivity contribution in [2.75, 3.05) is 74.5 Å². The SMILES string of the molecule is C=C(N[C@H](C(=O)N1CCC[C@H]1c1ncc(-c2ccc(-c3ccc(C4=CN=C([C@@H]5CC6(CN5C(=O)[C@@H](NC(=O)OC)C(C)C)OCCO6)C4)cc3)cc2)[nH]1)C(C)C)OC.COC(=O)N[C@H](C(=O)N1CC2(C[C@H]1C1=NC=C(c3ccc(-c4ccc(-c5cnc(C6CCCC6)[nH]5)cc4)cc3)C1)OCCO2)C(C)C.COC(=O)N[C@H](C(=O)O)C(C)C. The molecule has 0 bridgehead atoms. The maximum absolute atomic E-state index is 14.0. The highest BCUT2D eigenvalue weighted by atomic mass is 16.7. The molecule has 0 radical (unpaired) electrons. The van der Waals surface area contributed by atoms with Crippen LogP contribution in [0.15, 0.2) is 144 Å². The molecule has 1 saturated carbocycles. The molecule has 8 aliphatic rings. The number of nitrogens with zero attached hydrogens (tertiary/aromatic N) is 7. The van der Waals surface area contributed by atoms with Crippen LogP contribution in [-0.2, 0) is 57.1 Å². The second kappa shape index (κ2) is 37.9. The molecule has 2 aromatic heterocycles. The number of rotatable bonds is 24. The lowest BCUT2D eigenvalue weighted by Crippen LogP contribution is -2.54. The van der Waals surface area contributed by atoms with Gasteiger partial charge in [0.2, 0.25) is 17.7 Å². The van der Waals surface area contributed by atoms with Crippen LogP contribution in [0.1, 0.15) is 154 Å². The first-order valence-corrected chi connectivity index (χ1v) is 40.5. The van der Waals surface area contributed by atoms with Crippen molar-refractivity contribution in [2.45, 2.75) is 179 Å². The van der Waals surface area contributed by atoms with Crippen LogP contribution in [0.5, 0.6) is 0 Å². The van der Waals surface area contributed by atoms with Crippen molar-refractivity contribution in [3.63, 3.8) is 0 Å². The van der Waals surface area contributed by atoms with Crippen molar-refractivity contribution in [3.8, 4) is 44.8 Å². The molecule has 624 valence electrons. The number of amides is 6. The van der Waals surface area contributed by atoms with E-state index in [4.69, 9.17) is 53.2 Å². The molecule has 6 aromatic rings. The Morgan fingerprint density at radius 1 is 0.453 bits per heavy atom. The monoisotopic (exact) mass is 1610 g/mol. The fourth-order valence-electron chi connectivity index (χ4n) is 16.5. The minimum absolute atomic E-state index is 0.0160. The van der Waals surface area contributed by atoms with E-state index in [0.29, 0.717) is 70.5 Å². The maximum Gasteiger partial charge on any atom is 0.407 e. The van der Waals surface area contributed by atoms with E-state index in [1.54, 1.807) is 23.6 Å². The number of carboxylic acid groups (broad SMARTS) is 1. The third-order valence-corrected chi connectivity index (χ3v) is 23.1. The second-order valence-electron chi connectivity index (χ2n) is 32.2. The average Bonchev–Trinajstić information content (AvgIpc) is 1.61. The van der Waals surface area contributed by atoms with Gasteiger partial charge in [0.1, 0.15) is 35.8 Å². The van der Waals surface area contributed by atoms with Crippen molar-refractivity contribution in [2.24, 2.45) is 33.7 Å². The van der Waals surface area contributed by atoms with E-state index in [9.17, 15) is 33.6 Å². The molecule has 6 fully saturated rings. The first kappa shape index (κ1) is 85.4. The molecule has 4 aromatic carbocycles. The van der Waals surface area contributed by atoms with Crippen LogP contribution in [0.4, 0.5) is 14.4 Å². The number of nitrogens with one attached hydrogen (secondary N) is 6. The van der Waals surface area contributed by atoms with Crippen LogP contribution in [0.25, 0.3) is 55.9 Å². The van der Waals surface area contributed by atoms with Crippen LogP contribution in [0.2, 0.25) is 0 Å². The highest BCUT2D eigenvalue weighted by molar-refractivity contribution is 6.05. The molecule has 117 heavy (non-hydrogen) atoms. The van der Waals surface area contributed by atoms with Gasteiger partial charge < -0.3 is 88.9 Å². The summed E-state index contributed by atoms with van der Waals surface area (Å²) in [5.41, 5.74) is 14.6. The van der Waals surface area contributed by atoms with Gasteiger partial charge >= 0.3 is 24.2 Å². The molecule has 5 saturated heterocycles. The smallest absolute Gasteiger partial charge is 0.407 e. The molecule has 7 N–H and O–H groups in total. The van der Waals surface area contributed by atoms with Gasteiger partial charge in [-0.15, -0.1) is 0 Å². The fraction of sp³-hybridized carbons (Fsp3) is 0.489. The van der Waals surface area contributed by atoms with Gasteiger partial charge in [-0.25, -0.2) is 29.1 Å². The van der Waals surface area contributed by atoms with E-state index in [1.165, 1.54) is 54.1 Å². The number of alkyl carbamates (subject to hydrolysis) is 3. The van der Waals surface area contributed by atoms with Crippen LogP contribution in [-0.4, -0.2) is 215 Å². The molecular formula is C88H111N13O16. The first-order valence-electron chi connectivity index (χ1n) is 40.5. The first-order chi connectivity index (χ1) is 56.2. The van der Waals surface area contributed by atoms with Crippen LogP contribution in [0, 0.1) is 23.7 Å². The summed E-state index contributed by atoms with van der Waals surface area (Å²) in [4.78, 5) is 118. The molecule has 9 heterocycles. The van der Waals surface area contributed by atoms with Crippen molar-refractivity contribution in [1.29, 1.82) is 0 Å². The van der Waals surface area contributed by atoms with Gasteiger partial charge in [0.15, 0.2) is 17.5 Å². The number of allylic oxidation sites excluding steroid dienone is 2. The van der Waals surface area contributed by atoms with Crippen LogP contribution < -0.4 is 21.3 Å². The Balaban J connectivity index is 0.000000192. The van der Waals surface area contributed by atoms with E-state index in [2.05, 4.69) is 145 Å². The van der Waals surface area contributed by atoms with Crippen LogP contribution in [0.3, 0.4) is 0 Å². The van der Waals surface area contributed by atoms with Gasteiger partial charge in [-0.2, -0.15) is 0 Å². The second-order valence-corrected chi connectivity index (χ2v) is 32.2. The van der Waals surface area contributed by atoms with E-state index in [0.717, 1.165) is 103 Å². The van der Waals surface area contributed by atoms with Crippen molar-refractivity contribution in [3.05, 3.63) is 157 Å². The Bertz CT molecular complexity index is 4640. The highest BCUT2D eigenvalue weighted by Gasteiger charge is 2.55. The van der Waals surface area contributed by atoms with Gasteiger partial charge in [0.05, 0.1) is 110 Å².